The summed E-state index contributed by atoms with van der Waals surface area (Å²) in [5.74, 6) is 0.675. The summed E-state index contributed by atoms with van der Waals surface area (Å²) >= 11 is 0. The van der Waals surface area contributed by atoms with Crippen molar-refractivity contribution in [2.75, 3.05) is 19.6 Å². The van der Waals surface area contributed by atoms with Crippen molar-refractivity contribution in [3.05, 3.63) is 35.4 Å². The molecular weight excluding hydrogens is 208 g/mol. The standard InChI is InChI=1S/C15H26N2/c1-5-17(11-12(2)3)15(10-16)14-8-6-7-13(4)9-14/h6-9,12,15H,5,10-11,16H2,1-4H3. The van der Waals surface area contributed by atoms with E-state index < -0.39 is 0 Å². The van der Waals surface area contributed by atoms with Crippen LogP contribution < -0.4 is 5.73 Å². The van der Waals surface area contributed by atoms with Gasteiger partial charge in [-0.05, 0) is 24.9 Å². The highest BCUT2D eigenvalue weighted by Crippen LogP contribution is 2.21. The van der Waals surface area contributed by atoms with E-state index in [1.54, 1.807) is 0 Å². The Kier molecular flexibility index (Phi) is 5.66. The smallest absolute Gasteiger partial charge is 0.0470 e. The Morgan fingerprint density at radius 2 is 2.00 bits per heavy atom. The van der Waals surface area contributed by atoms with Crippen molar-refractivity contribution in [2.24, 2.45) is 11.7 Å². The Morgan fingerprint density at radius 3 is 2.47 bits per heavy atom. The minimum Gasteiger partial charge on any atom is -0.329 e. The summed E-state index contributed by atoms with van der Waals surface area (Å²) < 4.78 is 0. The Balaban J connectivity index is 2.88. The minimum atomic E-state index is 0.349. The van der Waals surface area contributed by atoms with Crippen LogP contribution in [0.5, 0.6) is 0 Å². The second-order valence-electron chi connectivity index (χ2n) is 5.15. The van der Waals surface area contributed by atoms with E-state index in [9.17, 15) is 0 Å². The molecule has 1 aromatic rings. The molecule has 1 rings (SSSR count). The van der Waals surface area contributed by atoms with Crippen LogP contribution in [0.1, 0.15) is 37.9 Å². The molecule has 0 aliphatic heterocycles. The molecule has 17 heavy (non-hydrogen) atoms. The molecular formula is C15H26N2. The van der Waals surface area contributed by atoms with Crippen LogP contribution in [0.2, 0.25) is 0 Å². The van der Waals surface area contributed by atoms with Crippen LogP contribution in [0.15, 0.2) is 24.3 Å². The molecule has 0 saturated carbocycles. The predicted molar refractivity (Wildman–Crippen MR) is 75.1 cm³/mol. The van der Waals surface area contributed by atoms with Gasteiger partial charge in [-0.1, -0.05) is 50.6 Å². The Morgan fingerprint density at radius 1 is 1.29 bits per heavy atom. The molecule has 1 atom stereocenters. The molecule has 0 fully saturated rings. The summed E-state index contributed by atoms with van der Waals surface area (Å²) in [6.07, 6.45) is 0. The lowest BCUT2D eigenvalue weighted by Gasteiger charge is -2.31. The maximum atomic E-state index is 5.97. The topological polar surface area (TPSA) is 29.3 Å². The van der Waals surface area contributed by atoms with Crippen molar-refractivity contribution in [1.29, 1.82) is 0 Å². The average Bonchev–Trinajstić information content (AvgIpc) is 2.28. The summed E-state index contributed by atoms with van der Waals surface area (Å²) in [4.78, 5) is 2.47. The fraction of sp³-hybridized carbons (Fsp3) is 0.600. The fourth-order valence-corrected chi connectivity index (χ4v) is 2.32. The molecule has 0 radical (unpaired) electrons. The number of nitrogens with two attached hydrogens (primary N) is 1. The van der Waals surface area contributed by atoms with Gasteiger partial charge in [0.15, 0.2) is 0 Å². The second-order valence-corrected chi connectivity index (χ2v) is 5.15. The lowest BCUT2D eigenvalue weighted by Crippen LogP contribution is -2.36. The molecule has 2 N–H and O–H groups in total. The van der Waals surface area contributed by atoms with Gasteiger partial charge in [-0.2, -0.15) is 0 Å². The first-order valence-electron chi connectivity index (χ1n) is 6.59. The van der Waals surface area contributed by atoms with E-state index >= 15 is 0 Å². The summed E-state index contributed by atoms with van der Waals surface area (Å²) in [6, 6.07) is 9.04. The predicted octanol–water partition coefficient (Wildman–Crippen LogP) is 2.97. The molecule has 1 aromatic carbocycles. The van der Waals surface area contributed by atoms with Gasteiger partial charge >= 0.3 is 0 Å². The van der Waals surface area contributed by atoms with Gasteiger partial charge in [0.2, 0.25) is 0 Å². The quantitative estimate of drug-likeness (QED) is 0.820. The molecule has 0 aliphatic rings. The highest BCUT2D eigenvalue weighted by molar-refractivity contribution is 5.25. The Bertz CT molecular complexity index is 333. The largest absolute Gasteiger partial charge is 0.329 e. The molecule has 2 nitrogen and oxygen atoms in total. The van der Waals surface area contributed by atoms with Gasteiger partial charge in [-0.3, -0.25) is 4.90 Å². The van der Waals surface area contributed by atoms with Crippen LogP contribution >= 0.6 is 0 Å². The summed E-state index contributed by atoms with van der Waals surface area (Å²) in [7, 11) is 0. The number of benzene rings is 1. The highest BCUT2D eigenvalue weighted by atomic mass is 15.2. The normalized spacial score (nSPS) is 13.4. The zero-order valence-corrected chi connectivity index (χ0v) is 11.6. The SMILES string of the molecule is CCN(CC(C)C)C(CN)c1cccc(C)c1. The molecule has 96 valence electrons. The number of hydrogen-bond acceptors (Lipinski definition) is 2. The summed E-state index contributed by atoms with van der Waals surface area (Å²) in [6.45, 7) is 11.7. The van der Waals surface area contributed by atoms with Crippen LogP contribution in [0.25, 0.3) is 0 Å². The first-order chi connectivity index (χ1) is 8.08. The van der Waals surface area contributed by atoms with Crippen molar-refractivity contribution < 1.29 is 0 Å². The van der Waals surface area contributed by atoms with E-state index in [0.717, 1.165) is 13.1 Å². The van der Waals surface area contributed by atoms with E-state index in [-0.39, 0.29) is 0 Å². The lowest BCUT2D eigenvalue weighted by molar-refractivity contribution is 0.189. The zero-order chi connectivity index (χ0) is 12.8. The number of rotatable bonds is 6. The van der Waals surface area contributed by atoms with Crippen LogP contribution in [0, 0.1) is 12.8 Å². The zero-order valence-electron chi connectivity index (χ0n) is 11.6. The van der Waals surface area contributed by atoms with Gasteiger partial charge in [0, 0.05) is 19.1 Å². The van der Waals surface area contributed by atoms with Gasteiger partial charge in [-0.25, -0.2) is 0 Å². The molecule has 0 bridgehead atoms. The maximum Gasteiger partial charge on any atom is 0.0470 e. The Labute approximate surface area is 106 Å². The molecule has 0 aliphatic carbocycles. The van der Waals surface area contributed by atoms with E-state index in [4.69, 9.17) is 5.73 Å². The third kappa shape index (κ3) is 4.14. The third-order valence-electron chi connectivity index (χ3n) is 3.10. The summed E-state index contributed by atoms with van der Waals surface area (Å²) in [5.41, 5.74) is 8.61. The Hall–Kier alpha value is -0.860. The maximum absolute atomic E-state index is 5.97. The van der Waals surface area contributed by atoms with E-state index in [1.807, 2.05) is 0 Å². The number of nitrogens with zero attached hydrogens (tertiary/aromatic N) is 1. The molecule has 0 spiro atoms. The fourth-order valence-electron chi connectivity index (χ4n) is 2.32. The summed E-state index contributed by atoms with van der Waals surface area (Å²) in [5, 5.41) is 0. The second kappa shape index (κ2) is 6.77. The molecule has 1 unspecified atom stereocenters. The van der Waals surface area contributed by atoms with Crippen LogP contribution in [0.3, 0.4) is 0 Å². The molecule has 0 amide bonds. The lowest BCUT2D eigenvalue weighted by atomic mass is 10.0. The first-order valence-corrected chi connectivity index (χ1v) is 6.59. The minimum absolute atomic E-state index is 0.349. The molecule has 0 aromatic heterocycles. The van der Waals surface area contributed by atoms with E-state index in [1.165, 1.54) is 11.1 Å². The number of aryl methyl sites for hydroxylation is 1. The van der Waals surface area contributed by atoms with Crippen LogP contribution in [-0.4, -0.2) is 24.5 Å². The van der Waals surface area contributed by atoms with Crippen LogP contribution in [0.4, 0.5) is 0 Å². The van der Waals surface area contributed by atoms with E-state index in [2.05, 4.69) is 56.9 Å². The van der Waals surface area contributed by atoms with Crippen LogP contribution in [-0.2, 0) is 0 Å². The van der Waals surface area contributed by atoms with Crippen molar-refractivity contribution in [2.45, 2.75) is 33.7 Å². The molecule has 0 heterocycles. The van der Waals surface area contributed by atoms with Gasteiger partial charge in [0.25, 0.3) is 0 Å². The van der Waals surface area contributed by atoms with E-state index in [0.29, 0.717) is 18.5 Å². The van der Waals surface area contributed by atoms with Crippen molar-refractivity contribution in [3.63, 3.8) is 0 Å². The molecule has 2 heteroatoms. The van der Waals surface area contributed by atoms with Crippen molar-refractivity contribution in [1.82, 2.24) is 4.90 Å². The average molecular weight is 234 g/mol. The van der Waals surface area contributed by atoms with Gasteiger partial charge in [-0.15, -0.1) is 0 Å². The number of likely N-dealkylation sites (N-methyl/N-ethyl adjacent to an activating group) is 1. The van der Waals surface area contributed by atoms with Gasteiger partial charge in [0.1, 0.15) is 0 Å². The van der Waals surface area contributed by atoms with Gasteiger partial charge < -0.3 is 5.73 Å². The first kappa shape index (κ1) is 14.2. The van der Waals surface area contributed by atoms with Crippen molar-refractivity contribution >= 4 is 0 Å². The highest BCUT2D eigenvalue weighted by Gasteiger charge is 2.18. The monoisotopic (exact) mass is 234 g/mol. The van der Waals surface area contributed by atoms with Crippen molar-refractivity contribution in [3.8, 4) is 0 Å². The van der Waals surface area contributed by atoms with Gasteiger partial charge in [0.05, 0.1) is 0 Å². The number of hydrogen-bond donors (Lipinski definition) is 1. The third-order valence-corrected chi connectivity index (χ3v) is 3.10. The molecule has 0 saturated heterocycles.